The molecule has 0 radical (unpaired) electrons. The standard InChI is InChI=1S/C20H24N4O/c1-15-6-5-9-23(13-15)20(25)14-24-17(12-21)11-18(22)19(24)10-16-7-3-2-4-8-16/h2-4,7-8,11,15H,5-6,9-10,13-14,22H2,1H3/t15-/m0/s1. The number of nitrogens with two attached hydrogens (primary N) is 1. The fraction of sp³-hybridized carbons (Fsp3) is 0.400. The van der Waals surface area contributed by atoms with E-state index in [4.69, 9.17) is 5.73 Å². The first-order chi connectivity index (χ1) is 12.1. The number of benzene rings is 1. The van der Waals surface area contributed by atoms with Crippen LogP contribution in [0.1, 0.15) is 36.7 Å². The van der Waals surface area contributed by atoms with Crippen LogP contribution in [0.25, 0.3) is 0 Å². The second kappa shape index (κ2) is 7.43. The molecule has 1 atom stereocenters. The van der Waals surface area contributed by atoms with E-state index in [0.29, 0.717) is 23.7 Å². The van der Waals surface area contributed by atoms with Gasteiger partial charge in [-0.2, -0.15) is 5.26 Å². The van der Waals surface area contributed by atoms with E-state index in [1.807, 2.05) is 35.2 Å². The second-order valence-electron chi connectivity index (χ2n) is 6.88. The van der Waals surface area contributed by atoms with Crippen molar-refractivity contribution in [2.45, 2.75) is 32.7 Å². The molecule has 1 amide bonds. The van der Waals surface area contributed by atoms with Crippen molar-refractivity contribution in [3.63, 3.8) is 0 Å². The molecule has 3 rings (SSSR count). The molecule has 0 bridgehead atoms. The zero-order chi connectivity index (χ0) is 17.8. The Kier molecular flexibility index (Phi) is 5.08. The van der Waals surface area contributed by atoms with Crippen LogP contribution in [0.2, 0.25) is 0 Å². The van der Waals surface area contributed by atoms with Gasteiger partial charge in [-0.05, 0) is 30.4 Å². The van der Waals surface area contributed by atoms with E-state index >= 15 is 0 Å². The smallest absolute Gasteiger partial charge is 0.242 e. The summed E-state index contributed by atoms with van der Waals surface area (Å²) in [5.41, 5.74) is 9.10. The molecule has 2 aromatic rings. The highest BCUT2D eigenvalue weighted by Crippen LogP contribution is 2.23. The fourth-order valence-corrected chi connectivity index (χ4v) is 3.52. The lowest BCUT2D eigenvalue weighted by molar-refractivity contribution is -0.133. The molecule has 0 aliphatic carbocycles. The highest BCUT2D eigenvalue weighted by molar-refractivity contribution is 5.77. The number of anilines is 1. The average molecular weight is 336 g/mol. The molecule has 2 heterocycles. The van der Waals surface area contributed by atoms with Gasteiger partial charge in [0, 0.05) is 25.2 Å². The molecule has 130 valence electrons. The van der Waals surface area contributed by atoms with Crippen molar-refractivity contribution in [2.75, 3.05) is 18.8 Å². The van der Waals surface area contributed by atoms with Crippen LogP contribution in [0, 0.1) is 17.2 Å². The largest absolute Gasteiger partial charge is 0.397 e. The van der Waals surface area contributed by atoms with Gasteiger partial charge in [0.15, 0.2) is 0 Å². The van der Waals surface area contributed by atoms with Gasteiger partial charge in [-0.15, -0.1) is 0 Å². The number of nitrogens with zero attached hydrogens (tertiary/aromatic N) is 3. The van der Waals surface area contributed by atoms with E-state index in [2.05, 4.69) is 13.0 Å². The van der Waals surface area contributed by atoms with Gasteiger partial charge in [-0.1, -0.05) is 37.3 Å². The number of rotatable bonds is 4. The van der Waals surface area contributed by atoms with E-state index in [1.165, 1.54) is 6.42 Å². The van der Waals surface area contributed by atoms with Gasteiger partial charge < -0.3 is 15.2 Å². The number of piperidine rings is 1. The maximum atomic E-state index is 12.7. The van der Waals surface area contributed by atoms with E-state index < -0.39 is 0 Å². The molecule has 2 N–H and O–H groups in total. The Morgan fingerprint density at radius 1 is 1.36 bits per heavy atom. The number of hydrogen-bond donors (Lipinski definition) is 1. The first kappa shape index (κ1) is 17.1. The molecular formula is C20H24N4O. The molecule has 1 fully saturated rings. The molecule has 1 aromatic heterocycles. The van der Waals surface area contributed by atoms with Crippen LogP contribution in [0.3, 0.4) is 0 Å². The summed E-state index contributed by atoms with van der Waals surface area (Å²) < 4.78 is 1.78. The van der Waals surface area contributed by atoms with Gasteiger partial charge in [-0.3, -0.25) is 4.79 Å². The number of aromatic nitrogens is 1. The minimum Gasteiger partial charge on any atom is -0.397 e. The number of nitrogen functional groups attached to an aromatic ring is 1. The van der Waals surface area contributed by atoms with Crippen molar-refractivity contribution < 1.29 is 4.79 Å². The summed E-state index contributed by atoms with van der Waals surface area (Å²) >= 11 is 0. The number of nitriles is 1. The van der Waals surface area contributed by atoms with Crippen LogP contribution in [-0.2, 0) is 17.8 Å². The van der Waals surface area contributed by atoms with Gasteiger partial charge in [0.05, 0.1) is 5.69 Å². The van der Waals surface area contributed by atoms with E-state index in [0.717, 1.165) is 30.8 Å². The molecule has 0 unspecified atom stereocenters. The first-order valence-corrected chi connectivity index (χ1v) is 8.78. The Hall–Kier alpha value is -2.74. The Balaban J connectivity index is 1.84. The number of hydrogen-bond acceptors (Lipinski definition) is 3. The lowest BCUT2D eigenvalue weighted by atomic mass is 10.0. The van der Waals surface area contributed by atoms with Gasteiger partial charge in [0.25, 0.3) is 0 Å². The SMILES string of the molecule is C[C@H]1CCCN(C(=O)Cn2c(C#N)cc(N)c2Cc2ccccc2)C1. The monoisotopic (exact) mass is 336 g/mol. The van der Waals surface area contributed by atoms with Gasteiger partial charge in [0.1, 0.15) is 18.3 Å². The molecule has 1 aromatic carbocycles. The molecule has 1 aliphatic heterocycles. The van der Waals surface area contributed by atoms with Crippen LogP contribution in [-0.4, -0.2) is 28.5 Å². The molecule has 1 saturated heterocycles. The summed E-state index contributed by atoms with van der Waals surface area (Å²) in [6.07, 6.45) is 2.82. The quantitative estimate of drug-likeness (QED) is 0.933. The van der Waals surface area contributed by atoms with Crippen molar-refractivity contribution >= 4 is 11.6 Å². The third-order valence-corrected chi connectivity index (χ3v) is 4.87. The molecule has 1 aliphatic rings. The molecule has 25 heavy (non-hydrogen) atoms. The number of carbonyl (C=O) groups is 1. The summed E-state index contributed by atoms with van der Waals surface area (Å²) in [4.78, 5) is 14.7. The summed E-state index contributed by atoms with van der Waals surface area (Å²) in [6.45, 7) is 3.95. The fourth-order valence-electron chi connectivity index (χ4n) is 3.52. The van der Waals surface area contributed by atoms with Gasteiger partial charge in [0.2, 0.25) is 5.91 Å². The van der Waals surface area contributed by atoms with Crippen molar-refractivity contribution in [3.05, 3.63) is 53.3 Å². The lowest BCUT2D eigenvalue weighted by Crippen LogP contribution is -2.41. The molecular weight excluding hydrogens is 312 g/mol. The van der Waals surface area contributed by atoms with Crippen LogP contribution < -0.4 is 5.73 Å². The van der Waals surface area contributed by atoms with Crippen LogP contribution >= 0.6 is 0 Å². The number of amides is 1. The predicted octanol–water partition coefficient (Wildman–Crippen LogP) is 2.79. The summed E-state index contributed by atoms with van der Waals surface area (Å²) in [5, 5.41) is 9.44. The number of likely N-dealkylation sites (tertiary alicyclic amines) is 1. The second-order valence-corrected chi connectivity index (χ2v) is 6.88. The van der Waals surface area contributed by atoms with E-state index in [-0.39, 0.29) is 12.5 Å². The third-order valence-electron chi connectivity index (χ3n) is 4.87. The zero-order valence-electron chi connectivity index (χ0n) is 14.6. The third kappa shape index (κ3) is 3.85. The number of carbonyl (C=O) groups excluding carboxylic acids is 1. The van der Waals surface area contributed by atoms with E-state index in [9.17, 15) is 10.1 Å². The predicted molar refractivity (Wildman–Crippen MR) is 97.8 cm³/mol. The molecule has 5 heteroatoms. The molecule has 0 spiro atoms. The zero-order valence-corrected chi connectivity index (χ0v) is 14.6. The minimum absolute atomic E-state index is 0.0629. The summed E-state index contributed by atoms with van der Waals surface area (Å²) in [7, 11) is 0. The van der Waals surface area contributed by atoms with Crippen LogP contribution in [0.5, 0.6) is 0 Å². The minimum atomic E-state index is 0.0629. The van der Waals surface area contributed by atoms with Crippen molar-refractivity contribution in [1.29, 1.82) is 5.26 Å². The maximum absolute atomic E-state index is 12.7. The Morgan fingerprint density at radius 2 is 2.12 bits per heavy atom. The molecule has 0 saturated carbocycles. The highest BCUT2D eigenvalue weighted by atomic mass is 16.2. The Bertz CT molecular complexity index is 788. The average Bonchev–Trinajstić information content (AvgIpc) is 2.91. The first-order valence-electron chi connectivity index (χ1n) is 8.78. The normalized spacial score (nSPS) is 17.3. The van der Waals surface area contributed by atoms with Gasteiger partial charge >= 0.3 is 0 Å². The van der Waals surface area contributed by atoms with Crippen LogP contribution in [0.15, 0.2) is 36.4 Å². The topological polar surface area (TPSA) is 75.0 Å². The molecule has 5 nitrogen and oxygen atoms in total. The van der Waals surface area contributed by atoms with Crippen molar-refractivity contribution in [2.24, 2.45) is 5.92 Å². The van der Waals surface area contributed by atoms with Crippen molar-refractivity contribution in [3.8, 4) is 6.07 Å². The Morgan fingerprint density at radius 3 is 2.80 bits per heavy atom. The highest BCUT2D eigenvalue weighted by Gasteiger charge is 2.23. The summed E-state index contributed by atoms with van der Waals surface area (Å²) in [6, 6.07) is 13.8. The Labute approximate surface area is 148 Å². The van der Waals surface area contributed by atoms with E-state index in [1.54, 1.807) is 10.6 Å². The maximum Gasteiger partial charge on any atom is 0.242 e. The summed E-state index contributed by atoms with van der Waals surface area (Å²) in [5.74, 6) is 0.597. The van der Waals surface area contributed by atoms with Crippen LogP contribution in [0.4, 0.5) is 5.69 Å². The van der Waals surface area contributed by atoms with Gasteiger partial charge in [-0.25, -0.2) is 0 Å². The van der Waals surface area contributed by atoms with Crippen molar-refractivity contribution in [1.82, 2.24) is 9.47 Å². The lowest BCUT2D eigenvalue weighted by Gasteiger charge is -2.31.